The Morgan fingerprint density at radius 2 is 1.83 bits per heavy atom. The number of aromatic nitrogens is 1. The Labute approximate surface area is 98.7 Å². The predicted molar refractivity (Wildman–Crippen MR) is 53.9 cm³/mol. The summed E-state index contributed by atoms with van der Waals surface area (Å²) in [5.74, 6) is -1.31. The van der Waals surface area contributed by atoms with Crippen molar-refractivity contribution in [2.24, 2.45) is 0 Å². The maximum Gasteiger partial charge on any atom is 0.416 e. The van der Waals surface area contributed by atoms with Crippen molar-refractivity contribution < 1.29 is 27.5 Å². The van der Waals surface area contributed by atoms with Crippen LogP contribution in [0.5, 0.6) is 0 Å². The average Bonchev–Trinajstić information content (AvgIpc) is 2.77. The van der Waals surface area contributed by atoms with Gasteiger partial charge in [0.15, 0.2) is 5.69 Å². The zero-order chi connectivity index (χ0) is 13.3. The van der Waals surface area contributed by atoms with E-state index >= 15 is 0 Å². The summed E-state index contributed by atoms with van der Waals surface area (Å²) in [5.41, 5.74) is -0.823. The Morgan fingerprint density at radius 1 is 1.22 bits per heavy atom. The van der Waals surface area contributed by atoms with Gasteiger partial charge in [0, 0.05) is 5.56 Å². The van der Waals surface area contributed by atoms with Crippen molar-refractivity contribution in [2.45, 2.75) is 6.18 Å². The molecule has 94 valence electrons. The number of rotatable bonds is 2. The molecule has 1 aromatic heterocycles. The maximum absolute atomic E-state index is 12.3. The van der Waals surface area contributed by atoms with Crippen LogP contribution >= 0.6 is 0 Å². The van der Waals surface area contributed by atoms with E-state index in [4.69, 9.17) is 9.52 Å². The fourth-order valence-corrected chi connectivity index (χ4v) is 1.31. The second-order valence-corrected chi connectivity index (χ2v) is 3.42. The van der Waals surface area contributed by atoms with Crippen molar-refractivity contribution in [2.75, 3.05) is 0 Å². The first-order valence-corrected chi connectivity index (χ1v) is 4.74. The molecular formula is C11H6F3NO3. The highest BCUT2D eigenvalue weighted by atomic mass is 19.4. The van der Waals surface area contributed by atoms with E-state index in [1.54, 1.807) is 0 Å². The highest BCUT2D eigenvalue weighted by molar-refractivity contribution is 5.85. The summed E-state index contributed by atoms with van der Waals surface area (Å²) < 4.78 is 41.8. The summed E-state index contributed by atoms with van der Waals surface area (Å²) in [7, 11) is 0. The number of carboxylic acid groups (broad SMARTS) is 1. The Balaban J connectivity index is 2.31. The molecule has 0 spiro atoms. The minimum Gasteiger partial charge on any atom is -0.476 e. The molecule has 2 rings (SSSR count). The summed E-state index contributed by atoms with van der Waals surface area (Å²) in [6.45, 7) is 0. The molecule has 0 aliphatic rings. The third-order valence-electron chi connectivity index (χ3n) is 2.18. The van der Waals surface area contributed by atoms with Gasteiger partial charge in [0.25, 0.3) is 0 Å². The van der Waals surface area contributed by atoms with Gasteiger partial charge in [-0.3, -0.25) is 0 Å². The maximum atomic E-state index is 12.3. The van der Waals surface area contributed by atoms with Crippen LogP contribution in [0.1, 0.15) is 16.1 Å². The fraction of sp³-hybridized carbons (Fsp3) is 0.0909. The lowest BCUT2D eigenvalue weighted by Crippen LogP contribution is -2.04. The number of hydrogen-bond acceptors (Lipinski definition) is 3. The van der Waals surface area contributed by atoms with Crippen molar-refractivity contribution in [3.8, 4) is 11.5 Å². The van der Waals surface area contributed by atoms with Crippen LogP contribution < -0.4 is 0 Å². The van der Waals surface area contributed by atoms with Gasteiger partial charge in [-0.1, -0.05) is 0 Å². The summed E-state index contributed by atoms with van der Waals surface area (Å²) >= 11 is 0. The molecule has 0 fully saturated rings. The summed E-state index contributed by atoms with van der Waals surface area (Å²) in [5, 5.41) is 8.62. The van der Waals surface area contributed by atoms with Crippen LogP contribution in [-0.2, 0) is 6.18 Å². The number of carboxylic acids is 1. The second-order valence-electron chi connectivity index (χ2n) is 3.42. The van der Waals surface area contributed by atoms with Crippen molar-refractivity contribution in [3.63, 3.8) is 0 Å². The quantitative estimate of drug-likeness (QED) is 0.897. The lowest BCUT2D eigenvalue weighted by molar-refractivity contribution is -0.137. The lowest BCUT2D eigenvalue weighted by atomic mass is 10.1. The second kappa shape index (κ2) is 4.17. The lowest BCUT2D eigenvalue weighted by Gasteiger charge is -2.05. The molecule has 0 atom stereocenters. The Kier molecular flexibility index (Phi) is 2.82. The third kappa shape index (κ3) is 2.34. The molecule has 0 radical (unpaired) electrons. The number of alkyl halides is 3. The molecule has 0 aliphatic carbocycles. The van der Waals surface area contributed by atoms with E-state index in [-0.39, 0.29) is 17.1 Å². The molecule has 0 amide bonds. The van der Waals surface area contributed by atoms with Gasteiger partial charge < -0.3 is 9.52 Å². The molecular weight excluding hydrogens is 251 g/mol. The first-order valence-electron chi connectivity index (χ1n) is 4.74. The molecule has 1 heterocycles. The highest BCUT2D eigenvalue weighted by Gasteiger charge is 2.30. The molecule has 0 unspecified atom stereocenters. The van der Waals surface area contributed by atoms with E-state index in [2.05, 4.69) is 4.98 Å². The van der Waals surface area contributed by atoms with Gasteiger partial charge in [-0.05, 0) is 24.3 Å². The summed E-state index contributed by atoms with van der Waals surface area (Å²) in [4.78, 5) is 14.2. The molecule has 0 bridgehead atoms. The SMILES string of the molecule is O=C(O)c1coc(-c2ccc(C(F)(F)F)cc2)n1. The Morgan fingerprint density at radius 3 is 2.28 bits per heavy atom. The topological polar surface area (TPSA) is 63.3 Å². The van der Waals surface area contributed by atoms with Gasteiger partial charge in [0.1, 0.15) is 6.26 Å². The fourth-order valence-electron chi connectivity index (χ4n) is 1.31. The van der Waals surface area contributed by atoms with Crippen LogP contribution in [0.15, 0.2) is 34.9 Å². The smallest absolute Gasteiger partial charge is 0.416 e. The van der Waals surface area contributed by atoms with E-state index in [1.165, 1.54) is 12.1 Å². The number of hydrogen-bond donors (Lipinski definition) is 1. The Bertz CT molecular complexity index is 572. The summed E-state index contributed by atoms with van der Waals surface area (Å²) in [6.07, 6.45) is -3.49. The van der Waals surface area contributed by atoms with Crippen LogP contribution in [0.4, 0.5) is 13.2 Å². The zero-order valence-corrected chi connectivity index (χ0v) is 8.73. The minimum absolute atomic E-state index is 0.0406. The van der Waals surface area contributed by atoms with Gasteiger partial charge in [-0.25, -0.2) is 9.78 Å². The number of carbonyl (C=O) groups is 1. The number of oxazole rings is 1. The zero-order valence-electron chi connectivity index (χ0n) is 8.73. The van der Waals surface area contributed by atoms with Gasteiger partial charge in [-0.2, -0.15) is 13.2 Å². The number of halogens is 3. The number of aromatic carboxylic acids is 1. The van der Waals surface area contributed by atoms with Crippen LogP contribution in [0.25, 0.3) is 11.5 Å². The van der Waals surface area contributed by atoms with E-state index in [0.29, 0.717) is 0 Å². The van der Waals surface area contributed by atoms with Crippen molar-refractivity contribution >= 4 is 5.97 Å². The van der Waals surface area contributed by atoms with E-state index < -0.39 is 17.7 Å². The molecule has 4 nitrogen and oxygen atoms in total. The van der Waals surface area contributed by atoms with E-state index in [9.17, 15) is 18.0 Å². The van der Waals surface area contributed by atoms with E-state index in [0.717, 1.165) is 18.4 Å². The minimum atomic E-state index is -4.42. The average molecular weight is 257 g/mol. The van der Waals surface area contributed by atoms with E-state index in [1.807, 2.05) is 0 Å². The monoisotopic (exact) mass is 257 g/mol. The van der Waals surface area contributed by atoms with Gasteiger partial charge in [-0.15, -0.1) is 0 Å². The van der Waals surface area contributed by atoms with Gasteiger partial charge in [0.2, 0.25) is 5.89 Å². The first kappa shape index (κ1) is 12.2. The molecule has 7 heteroatoms. The van der Waals surface area contributed by atoms with Crippen LogP contribution in [0, 0.1) is 0 Å². The van der Waals surface area contributed by atoms with Crippen LogP contribution in [-0.4, -0.2) is 16.1 Å². The van der Waals surface area contributed by atoms with Crippen LogP contribution in [0.3, 0.4) is 0 Å². The molecule has 18 heavy (non-hydrogen) atoms. The first-order chi connectivity index (χ1) is 8.38. The Hall–Kier alpha value is -2.31. The predicted octanol–water partition coefficient (Wildman–Crippen LogP) is 3.06. The van der Waals surface area contributed by atoms with Crippen LogP contribution in [0.2, 0.25) is 0 Å². The number of nitrogens with zero attached hydrogens (tertiary/aromatic N) is 1. The molecule has 0 aliphatic heterocycles. The number of benzene rings is 1. The summed E-state index contributed by atoms with van der Waals surface area (Å²) in [6, 6.07) is 4.08. The molecule has 0 saturated heterocycles. The highest BCUT2D eigenvalue weighted by Crippen LogP contribution is 2.30. The van der Waals surface area contributed by atoms with Gasteiger partial charge in [0.05, 0.1) is 5.56 Å². The third-order valence-corrected chi connectivity index (χ3v) is 2.18. The van der Waals surface area contributed by atoms with Crippen molar-refractivity contribution in [1.29, 1.82) is 0 Å². The van der Waals surface area contributed by atoms with Crippen molar-refractivity contribution in [3.05, 3.63) is 41.8 Å². The molecule has 0 saturated carbocycles. The molecule has 2 aromatic rings. The largest absolute Gasteiger partial charge is 0.476 e. The standard InChI is InChI=1S/C11H6F3NO3/c12-11(13,14)7-3-1-6(2-4-7)9-15-8(5-18-9)10(16)17/h1-5H,(H,16,17). The van der Waals surface area contributed by atoms with Gasteiger partial charge >= 0.3 is 12.1 Å². The molecule has 1 N–H and O–H groups in total. The molecule has 1 aromatic carbocycles. The van der Waals surface area contributed by atoms with Crippen molar-refractivity contribution in [1.82, 2.24) is 4.98 Å². The normalized spacial score (nSPS) is 11.5.